The van der Waals surface area contributed by atoms with Crippen LogP contribution >= 0.6 is 0 Å². The van der Waals surface area contributed by atoms with Crippen LogP contribution in [0.2, 0.25) is 0 Å². The second-order valence-corrected chi connectivity index (χ2v) is 4.53. The summed E-state index contributed by atoms with van der Waals surface area (Å²) < 4.78 is 1.60. The molecule has 19 heavy (non-hydrogen) atoms. The fourth-order valence-corrected chi connectivity index (χ4v) is 1.99. The van der Waals surface area contributed by atoms with Crippen molar-refractivity contribution in [2.75, 3.05) is 13.1 Å². The molecule has 0 spiro atoms. The van der Waals surface area contributed by atoms with Gasteiger partial charge in [0.2, 0.25) is 5.82 Å². The zero-order valence-electron chi connectivity index (χ0n) is 11.6. The van der Waals surface area contributed by atoms with Gasteiger partial charge in [0.25, 0.3) is 11.7 Å². The monoisotopic (exact) mass is 261 g/mol. The molecule has 6 heteroatoms. The fraction of sp³-hybridized carbons (Fsp3) is 0.538. The van der Waals surface area contributed by atoms with Gasteiger partial charge in [0, 0.05) is 25.0 Å². The Bertz CT molecular complexity index is 571. The molecule has 2 aromatic heterocycles. The van der Waals surface area contributed by atoms with E-state index in [2.05, 4.69) is 28.9 Å². The van der Waals surface area contributed by atoms with Gasteiger partial charge in [-0.2, -0.15) is 4.98 Å². The second-order valence-electron chi connectivity index (χ2n) is 4.53. The highest BCUT2D eigenvalue weighted by atomic mass is 16.2. The molecule has 0 bridgehead atoms. The maximum absolute atomic E-state index is 12.4. The molecule has 0 atom stereocenters. The van der Waals surface area contributed by atoms with Gasteiger partial charge in [-0.15, -0.1) is 5.10 Å². The van der Waals surface area contributed by atoms with Crippen LogP contribution < -0.4 is 0 Å². The average molecular weight is 261 g/mol. The third kappa shape index (κ3) is 2.72. The maximum atomic E-state index is 12.4. The van der Waals surface area contributed by atoms with Crippen LogP contribution in [0.4, 0.5) is 0 Å². The van der Waals surface area contributed by atoms with Crippen LogP contribution in [0.15, 0.2) is 12.3 Å². The molecule has 0 aliphatic rings. The van der Waals surface area contributed by atoms with E-state index < -0.39 is 0 Å². The number of hydrogen-bond donors (Lipinski definition) is 0. The lowest BCUT2D eigenvalue weighted by Crippen LogP contribution is -2.33. The van der Waals surface area contributed by atoms with Crippen LogP contribution in [-0.2, 0) is 0 Å². The largest absolute Gasteiger partial charge is 0.336 e. The molecule has 0 aliphatic carbocycles. The molecule has 2 rings (SSSR count). The van der Waals surface area contributed by atoms with Crippen molar-refractivity contribution in [3.8, 4) is 0 Å². The molecule has 0 N–H and O–H groups in total. The molecule has 2 aromatic rings. The molecule has 2 heterocycles. The lowest BCUT2D eigenvalue weighted by atomic mass is 10.3. The van der Waals surface area contributed by atoms with Crippen LogP contribution in [0.3, 0.4) is 0 Å². The van der Waals surface area contributed by atoms with Gasteiger partial charge in [0.15, 0.2) is 0 Å². The van der Waals surface area contributed by atoms with E-state index in [9.17, 15) is 4.79 Å². The summed E-state index contributed by atoms with van der Waals surface area (Å²) in [5.74, 6) is 0.577. The fourth-order valence-electron chi connectivity index (χ4n) is 1.99. The molecule has 0 unspecified atom stereocenters. The van der Waals surface area contributed by atoms with E-state index in [1.54, 1.807) is 15.6 Å². The van der Waals surface area contributed by atoms with Crippen LogP contribution in [0, 0.1) is 6.92 Å². The van der Waals surface area contributed by atoms with E-state index in [4.69, 9.17) is 0 Å². The van der Waals surface area contributed by atoms with E-state index in [1.807, 2.05) is 13.0 Å². The quantitative estimate of drug-likeness (QED) is 0.821. The summed E-state index contributed by atoms with van der Waals surface area (Å²) in [5, 5.41) is 4.25. The number of nitrogens with zero attached hydrogens (tertiary/aromatic N) is 5. The maximum Gasteiger partial charge on any atom is 0.293 e. The van der Waals surface area contributed by atoms with Crippen LogP contribution in [0.25, 0.3) is 5.78 Å². The number of hydrogen-bond acceptors (Lipinski definition) is 4. The van der Waals surface area contributed by atoms with E-state index in [-0.39, 0.29) is 11.7 Å². The van der Waals surface area contributed by atoms with Gasteiger partial charge in [-0.25, -0.2) is 9.50 Å². The first-order valence-corrected chi connectivity index (χ1v) is 6.65. The molecular formula is C13H19N5O. The number of aromatic nitrogens is 4. The van der Waals surface area contributed by atoms with Crippen molar-refractivity contribution in [2.45, 2.75) is 33.6 Å². The highest BCUT2D eigenvalue weighted by molar-refractivity contribution is 5.90. The second kappa shape index (κ2) is 5.77. The molecule has 0 saturated carbocycles. The smallest absolute Gasteiger partial charge is 0.293 e. The van der Waals surface area contributed by atoms with Gasteiger partial charge in [0.1, 0.15) is 0 Å². The van der Waals surface area contributed by atoms with Gasteiger partial charge >= 0.3 is 0 Å². The van der Waals surface area contributed by atoms with E-state index in [0.29, 0.717) is 5.78 Å². The highest BCUT2D eigenvalue weighted by Crippen LogP contribution is 2.06. The summed E-state index contributed by atoms with van der Waals surface area (Å²) in [6.45, 7) is 7.48. The van der Waals surface area contributed by atoms with E-state index >= 15 is 0 Å². The zero-order chi connectivity index (χ0) is 13.8. The SMILES string of the molecule is CCCN(CCC)C(=O)c1nc2nccc(C)n2n1. The Hall–Kier alpha value is -1.98. The predicted molar refractivity (Wildman–Crippen MR) is 72.0 cm³/mol. The molecule has 0 saturated heterocycles. The topological polar surface area (TPSA) is 63.4 Å². The summed E-state index contributed by atoms with van der Waals surface area (Å²) >= 11 is 0. The molecular weight excluding hydrogens is 242 g/mol. The minimum atomic E-state index is -0.117. The van der Waals surface area contributed by atoms with Crippen molar-refractivity contribution >= 4 is 11.7 Å². The molecule has 0 radical (unpaired) electrons. The molecule has 6 nitrogen and oxygen atoms in total. The number of fused-ring (bicyclic) bond motifs is 1. The third-order valence-electron chi connectivity index (χ3n) is 2.90. The van der Waals surface area contributed by atoms with Crippen molar-refractivity contribution in [3.05, 3.63) is 23.8 Å². The van der Waals surface area contributed by atoms with Crippen molar-refractivity contribution in [1.29, 1.82) is 0 Å². The van der Waals surface area contributed by atoms with Crippen LogP contribution in [0.5, 0.6) is 0 Å². The van der Waals surface area contributed by atoms with E-state index in [1.165, 1.54) is 0 Å². The van der Waals surface area contributed by atoms with Crippen molar-refractivity contribution in [1.82, 2.24) is 24.5 Å². The number of rotatable bonds is 5. The molecule has 0 fully saturated rings. The Labute approximate surface area is 112 Å². The van der Waals surface area contributed by atoms with Gasteiger partial charge in [-0.05, 0) is 25.8 Å². The summed E-state index contributed by atoms with van der Waals surface area (Å²) in [6, 6.07) is 1.84. The van der Waals surface area contributed by atoms with Crippen molar-refractivity contribution in [3.63, 3.8) is 0 Å². The molecule has 1 amide bonds. The first-order chi connectivity index (χ1) is 9.17. The predicted octanol–water partition coefficient (Wildman–Crippen LogP) is 1.69. The Kier molecular flexibility index (Phi) is 4.09. The van der Waals surface area contributed by atoms with Crippen molar-refractivity contribution < 1.29 is 4.79 Å². The van der Waals surface area contributed by atoms with Crippen LogP contribution in [0.1, 0.15) is 43.0 Å². The minimum absolute atomic E-state index is 0.117. The Balaban J connectivity index is 2.32. The average Bonchev–Trinajstić information content (AvgIpc) is 2.83. The molecule has 0 aliphatic heterocycles. The number of aryl methyl sites for hydroxylation is 1. The number of amides is 1. The Morgan fingerprint density at radius 1 is 1.32 bits per heavy atom. The standard InChI is InChI=1S/C13H19N5O/c1-4-8-17(9-5-2)12(19)11-15-13-14-7-6-10(3)18(13)16-11/h6-7H,4-5,8-9H2,1-3H3. The lowest BCUT2D eigenvalue weighted by molar-refractivity contribution is 0.0743. The van der Waals surface area contributed by atoms with Crippen LogP contribution in [-0.4, -0.2) is 43.5 Å². The van der Waals surface area contributed by atoms with E-state index in [0.717, 1.165) is 31.6 Å². The van der Waals surface area contributed by atoms with Gasteiger partial charge in [-0.3, -0.25) is 4.79 Å². The molecule has 102 valence electrons. The summed E-state index contributed by atoms with van der Waals surface area (Å²) in [4.78, 5) is 22.5. The summed E-state index contributed by atoms with van der Waals surface area (Å²) in [6.07, 6.45) is 3.52. The first-order valence-electron chi connectivity index (χ1n) is 6.65. The lowest BCUT2D eigenvalue weighted by Gasteiger charge is -2.19. The Morgan fingerprint density at radius 3 is 2.58 bits per heavy atom. The first kappa shape index (κ1) is 13.5. The zero-order valence-corrected chi connectivity index (χ0v) is 11.6. The normalized spacial score (nSPS) is 10.9. The number of carbonyl (C=O) groups is 1. The third-order valence-corrected chi connectivity index (χ3v) is 2.90. The number of carbonyl (C=O) groups excluding carboxylic acids is 1. The highest BCUT2D eigenvalue weighted by Gasteiger charge is 2.20. The van der Waals surface area contributed by atoms with Gasteiger partial charge < -0.3 is 4.90 Å². The molecule has 0 aromatic carbocycles. The summed E-state index contributed by atoms with van der Waals surface area (Å²) in [5.41, 5.74) is 0.911. The summed E-state index contributed by atoms with van der Waals surface area (Å²) in [7, 11) is 0. The van der Waals surface area contributed by atoms with Crippen molar-refractivity contribution in [2.24, 2.45) is 0 Å². The van der Waals surface area contributed by atoms with Gasteiger partial charge in [-0.1, -0.05) is 13.8 Å². The Morgan fingerprint density at radius 2 is 2.00 bits per heavy atom. The minimum Gasteiger partial charge on any atom is -0.336 e. The van der Waals surface area contributed by atoms with Gasteiger partial charge in [0.05, 0.1) is 0 Å².